The molecule has 1 rings (SSSR count). The molecule has 1 aliphatic heterocycles. The number of amides is 2. The highest BCUT2D eigenvalue weighted by Gasteiger charge is 2.28. The summed E-state index contributed by atoms with van der Waals surface area (Å²) in [4.78, 5) is 32.8. The highest BCUT2D eigenvalue weighted by molar-refractivity contribution is 5.91. The first-order valence-corrected chi connectivity index (χ1v) is 4.94. The van der Waals surface area contributed by atoms with Crippen molar-refractivity contribution in [2.45, 2.75) is 31.4 Å². The van der Waals surface area contributed by atoms with Crippen molar-refractivity contribution in [3.8, 4) is 0 Å². The molecule has 0 aromatic carbocycles. The van der Waals surface area contributed by atoms with Crippen molar-refractivity contribution in [2.75, 3.05) is 6.61 Å². The Hall–Kier alpha value is -1.63. The second-order valence-corrected chi connectivity index (χ2v) is 3.56. The van der Waals surface area contributed by atoms with Crippen LogP contribution >= 0.6 is 0 Å². The van der Waals surface area contributed by atoms with Gasteiger partial charge in [-0.25, -0.2) is 0 Å². The van der Waals surface area contributed by atoms with Gasteiger partial charge in [0.25, 0.3) is 0 Å². The lowest BCUT2D eigenvalue weighted by Crippen LogP contribution is -2.48. The minimum atomic E-state index is -1.20. The van der Waals surface area contributed by atoms with Crippen LogP contribution in [0.2, 0.25) is 0 Å². The summed E-state index contributed by atoms with van der Waals surface area (Å²) in [5.41, 5.74) is 4.97. The number of rotatable bonds is 5. The number of nitrogens with two attached hydrogens (primary N) is 1. The molecule has 16 heavy (non-hydrogen) atoms. The van der Waals surface area contributed by atoms with E-state index in [1.165, 1.54) is 0 Å². The van der Waals surface area contributed by atoms with Crippen LogP contribution in [0.1, 0.15) is 19.3 Å². The van der Waals surface area contributed by atoms with Crippen LogP contribution in [0.5, 0.6) is 0 Å². The smallest absolute Gasteiger partial charge is 0.305 e. The molecular weight excluding hydrogens is 216 g/mol. The Kier molecular flexibility index (Phi) is 4.24. The van der Waals surface area contributed by atoms with Crippen molar-refractivity contribution in [2.24, 2.45) is 5.73 Å². The first kappa shape index (κ1) is 12.4. The summed E-state index contributed by atoms with van der Waals surface area (Å²) in [6, 6.07) is -1.19. The molecule has 90 valence electrons. The van der Waals surface area contributed by atoms with E-state index in [9.17, 15) is 14.4 Å². The number of nitrogens with one attached hydrogen (secondary N) is 1. The van der Waals surface area contributed by atoms with E-state index >= 15 is 0 Å². The topological polar surface area (TPSA) is 119 Å². The summed E-state index contributed by atoms with van der Waals surface area (Å²) in [5.74, 6) is -2.55. The number of carbonyl (C=O) groups excluding carboxylic acids is 2. The Morgan fingerprint density at radius 3 is 2.62 bits per heavy atom. The van der Waals surface area contributed by atoms with Gasteiger partial charge in [0.05, 0.1) is 6.42 Å². The van der Waals surface area contributed by atoms with Crippen molar-refractivity contribution >= 4 is 17.8 Å². The maximum absolute atomic E-state index is 11.5. The number of carboxylic acids is 1. The van der Waals surface area contributed by atoms with Gasteiger partial charge in [0.1, 0.15) is 12.1 Å². The fourth-order valence-corrected chi connectivity index (χ4v) is 1.45. The van der Waals surface area contributed by atoms with Gasteiger partial charge in [-0.15, -0.1) is 0 Å². The van der Waals surface area contributed by atoms with Gasteiger partial charge in [-0.05, 0) is 12.8 Å². The van der Waals surface area contributed by atoms with E-state index in [0.717, 1.165) is 6.42 Å². The van der Waals surface area contributed by atoms with Crippen LogP contribution in [0.25, 0.3) is 0 Å². The minimum absolute atomic E-state index is 0.484. The zero-order chi connectivity index (χ0) is 12.1. The third kappa shape index (κ3) is 3.50. The predicted octanol–water partition coefficient (Wildman–Crippen LogP) is -1.39. The molecule has 0 aromatic rings. The molecule has 2 amide bonds. The Morgan fingerprint density at radius 1 is 1.50 bits per heavy atom. The van der Waals surface area contributed by atoms with Crippen LogP contribution in [0.15, 0.2) is 0 Å². The Bertz CT molecular complexity index is 298. The van der Waals surface area contributed by atoms with Gasteiger partial charge < -0.3 is 20.9 Å². The van der Waals surface area contributed by atoms with Gasteiger partial charge >= 0.3 is 5.97 Å². The summed E-state index contributed by atoms with van der Waals surface area (Å²) >= 11 is 0. The average molecular weight is 230 g/mol. The monoisotopic (exact) mass is 230 g/mol. The molecule has 2 atom stereocenters. The summed E-state index contributed by atoms with van der Waals surface area (Å²) in [6.07, 6.45) is 0.229. The summed E-state index contributed by atoms with van der Waals surface area (Å²) in [7, 11) is 0. The summed E-state index contributed by atoms with van der Waals surface area (Å²) in [5, 5.41) is 10.8. The molecule has 0 radical (unpaired) electrons. The molecule has 1 fully saturated rings. The number of hydrogen-bond donors (Lipinski definition) is 3. The Morgan fingerprint density at radius 2 is 2.19 bits per heavy atom. The van der Waals surface area contributed by atoms with E-state index in [1.54, 1.807) is 0 Å². The lowest BCUT2D eigenvalue weighted by molar-refractivity contribution is -0.141. The lowest BCUT2D eigenvalue weighted by Gasteiger charge is -2.16. The van der Waals surface area contributed by atoms with Crippen LogP contribution in [0, 0.1) is 0 Å². The second-order valence-electron chi connectivity index (χ2n) is 3.56. The van der Waals surface area contributed by atoms with Gasteiger partial charge in [-0.1, -0.05) is 0 Å². The number of primary amides is 1. The molecule has 4 N–H and O–H groups in total. The highest BCUT2D eigenvalue weighted by atomic mass is 16.5. The van der Waals surface area contributed by atoms with E-state index in [1.807, 2.05) is 0 Å². The number of carbonyl (C=O) groups is 3. The average Bonchev–Trinajstić information content (AvgIpc) is 2.68. The van der Waals surface area contributed by atoms with Gasteiger partial charge in [0.15, 0.2) is 0 Å². The molecule has 0 saturated carbocycles. The SMILES string of the molecule is NC(=O)[C@@H](CC(=O)O)NC(=O)[C@@H]1CCCO1. The van der Waals surface area contributed by atoms with E-state index < -0.39 is 36.4 Å². The molecule has 0 aliphatic carbocycles. The first-order valence-electron chi connectivity index (χ1n) is 4.94. The largest absolute Gasteiger partial charge is 0.481 e. The van der Waals surface area contributed by atoms with Crippen molar-refractivity contribution in [1.82, 2.24) is 5.32 Å². The van der Waals surface area contributed by atoms with E-state index in [4.69, 9.17) is 15.6 Å². The van der Waals surface area contributed by atoms with E-state index in [-0.39, 0.29) is 0 Å². The lowest BCUT2D eigenvalue weighted by atomic mass is 10.1. The van der Waals surface area contributed by atoms with E-state index in [0.29, 0.717) is 13.0 Å². The van der Waals surface area contributed by atoms with Gasteiger partial charge in [0, 0.05) is 6.61 Å². The summed E-state index contributed by atoms with van der Waals surface area (Å²) < 4.78 is 5.09. The van der Waals surface area contributed by atoms with Gasteiger partial charge in [0.2, 0.25) is 11.8 Å². The zero-order valence-corrected chi connectivity index (χ0v) is 8.64. The zero-order valence-electron chi connectivity index (χ0n) is 8.64. The second kappa shape index (κ2) is 5.45. The molecule has 1 aliphatic rings. The molecule has 7 nitrogen and oxygen atoms in total. The number of hydrogen-bond acceptors (Lipinski definition) is 4. The molecule has 0 unspecified atom stereocenters. The molecule has 1 saturated heterocycles. The van der Waals surface area contributed by atoms with Crippen molar-refractivity contribution < 1.29 is 24.2 Å². The van der Waals surface area contributed by atoms with Crippen LogP contribution < -0.4 is 11.1 Å². The molecule has 0 spiro atoms. The molecule has 0 bridgehead atoms. The fourth-order valence-electron chi connectivity index (χ4n) is 1.45. The Labute approximate surface area is 91.9 Å². The summed E-state index contributed by atoms with van der Waals surface area (Å²) in [6.45, 7) is 0.498. The van der Waals surface area contributed by atoms with Crippen LogP contribution in [-0.4, -0.2) is 41.6 Å². The predicted molar refractivity (Wildman–Crippen MR) is 52.4 cm³/mol. The third-order valence-electron chi connectivity index (χ3n) is 2.26. The molecule has 1 heterocycles. The van der Waals surface area contributed by atoms with Gasteiger partial charge in [-0.3, -0.25) is 14.4 Å². The van der Waals surface area contributed by atoms with Gasteiger partial charge in [-0.2, -0.15) is 0 Å². The normalized spacial score (nSPS) is 21.4. The third-order valence-corrected chi connectivity index (χ3v) is 2.26. The fraction of sp³-hybridized carbons (Fsp3) is 0.667. The molecule has 7 heteroatoms. The van der Waals surface area contributed by atoms with Crippen molar-refractivity contribution in [3.63, 3.8) is 0 Å². The van der Waals surface area contributed by atoms with Crippen molar-refractivity contribution in [3.05, 3.63) is 0 Å². The number of aliphatic carboxylic acids is 1. The molecule has 0 aromatic heterocycles. The standard InChI is InChI=1S/C9H14N2O5/c10-8(14)5(4-7(12)13)11-9(15)6-2-1-3-16-6/h5-6H,1-4H2,(H2,10,14)(H,11,15)(H,12,13)/t5-,6+/m1/s1. The quantitative estimate of drug-likeness (QED) is 0.537. The van der Waals surface area contributed by atoms with Crippen LogP contribution in [0.4, 0.5) is 0 Å². The first-order chi connectivity index (χ1) is 7.50. The highest BCUT2D eigenvalue weighted by Crippen LogP contribution is 2.12. The maximum atomic E-state index is 11.5. The Balaban J connectivity index is 2.50. The molecular formula is C9H14N2O5. The minimum Gasteiger partial charge on any atom is -0.481 e. The maximum Gasteiger partial charge on any atom is 0.305 e. The number of ether oxygens (including phenoxy) is 1. The van der Waals surface area contributed by atoms with Crippen molar-refractivity contribution in [1.29, 1.82) is 0 Å². The number of carboxylic acid groups (broad SMARTS) is 1. The van der Waals surface area contributed by atoms with Crippen LogP contribution in [0.3, 0.4) is 0 Å². The van der Waals surface area contributed by atoms with Crippen LogP contribution in [-0.2, 0) is 19.1 Å². The van der Waals surface area contributed by atoms with E-state index in [2.05, 4.69) is 5.32 Å².